The van der Waals surface area contributed by atoms with Gasteiger partial charge in [0.15, 0.2) is 0 Å². The topological polar surface area (TPSA) is 18.1 Å². The van der Waals surface area contributed by atoms with E-state index in [9.17, 15) is 0 Å². The minimum absolute atomic E-state index is 0.916. The zero-order chi connectivity index (χ0) is 34.8. The SMILES string of the molecule is C=C.c1ccc(-n2c3ccccc3c3cc(-c4cccc5c6cccc(-c7cccc8c7oc7ccccc78)c6c6ccccc6c45)ccc32)cc1. The van der Waals surface area contributed by atoms with Crippen LogP contribution in [-0.2, 0) is 0 Å². The van der Waals surface area contributed by atoms with Gasteiger partial charge in [-0.2, -0.15) is 0 Å². The lowest BCUT2D eigenvalue weighted by Gasteiger charge is -2.17. The van der Waals surface area contributed by atoms with Gasteiger partial charge in [-0.3, -0.25) is 0 Å². The molecule has 0 N–H and O–H groups in total. The summed E-state index contributed by atoms with van der Waals surface area (Å²) in [4.78, 5) is 0. The van der Waals surface area contributed by atoms with Crippen LogP contribution in [-0.4, -0.2) is 4.57 Å². The van der Waals surface area contributed by atoms with Gasteiger partial charge >= 0.3 is 0 Å². The average molecular weight is 664 g/mol. The number of benzene rings is 9. The first-order valence-electron chi connectivity index (χ1n) is 17.7. The van der Waals surface area contributed by atoms with Gasteiger partial charge in [0.1, 0.15) is 11.2 Å². The fourth-order valence-electron chi connectivity index (χ4n) is 8.47. The standard InChI is InChI=1S/C48H29NO.C2H4/c1-2-13-31(14-3-1)49-43-25-8-6-15-33(43)42-29-30(27-28-44(42)49)32-19-10-20-37-38-21-11-22-39(47(38)36-18-5-4-17-35(36)46(32)37)41-24-12-23-40-34-16-7-9-26-45(34)50-48(40)41;1-2/h1-29H;1-2H2. The molecule has 52 heavy (non-hydrogen) atoms. The molecule has 0 amide bonds. The zero-order valence-corrected chi connectivity index (χ0v) is 28.5. The molecular formula is C50H33NO. The van der Waals surface area contributed by atoms with Crippen molar-refractivity contribution in [3.8, 4) is 27.9 Å². The average Bonchev–Trinajstić information content (AvgIpc) is 3.77. The summed E-state index contributed by atoms with van der Waals surface area (Å²) in [5.74, 6) is 0. The van der Waals surface area contributed by atoms with Gasteiger partial charge in [-0.05, 0) is 85.4 Å². The smallest absolute Gasteiger partial charge is 0.143 e. The van der Waals surface area contributed by atoms with Crippen molar-refractivity contribution in [2.45, 2.75) is 0 Å². The Morgan fingerprint density at radius 2 is 0.885 bits per heavy atom. The van der Waals surface area contributed by atoms with E-state index in [2.05, 4.69) is 188 Å². The Bertz CT molecular complexity index is 3120. The molecule has 0 bridgehead atoms. The summed E-state index contributed by atoms with van der Waals surface area (Å²) >= 11 is 0. The summed E-state index contributed by atoms with van der Waals surface area (Å²) in [6, 6.07) is 63.7. The molecule has 2 aromatic heterocycles. The molecule has 2 heteroatoms. The van der Waals surface area contributed by atoms with Gasteiger partial charge in [-0.15, -0.1) is 13.2 Å². The summed E-state index contributed by atoms with van der Waals surface area (Å²) in [7, 11) is 0. The molecule has 0 radical (unpaired) electrons. The molecule has 11 aromatic rings. The third-order valence-corrected chi connectivity index (χ3v) is 10.6. The molecule has 0 fully saturated rings. The third-order valence-electron chi connectivity index (χ3n) is 10.6. The lowest BCUT2D eigenvalue weighted by molar-refractivity contribution is 0.670. The van der Waals surface area contributed by atoms with Crippen LogP contribution in [0.25, 0.3) is 104 Å². The summed E-state index contributed by atoms with van der Waals surface area (Å²) in [6.07, 6.45) is 0. The van der Waals surface area contributed by atoms with E-state index in [1.807, 2.05) is 6.07 Å². The van der Waals surface area contributed by atoms with Crippen molar-refractivity contribution in [3.63, 3.8) is 0 Å². The largest absolute Gasteiger partial charge is 0.455 e. The summed E-state index contributed by atoms with van der Waals surface area (Å²) in [5, 5.41) is 12.3. The second-order valence-corrected chi connectivity index (χ2v) is 13.2. The summed E-state index contributed by atoms with van der Waals surface area (Å²) < 4.78 is 8.94. The van der Waals surface area contributed by atoms with Gasteiger partial charge in [0.05, 0.1) is 11.0 Å². The van der Waals surface area contributed by atoms with Crippen molar-refractivity contribution in [3.05, 3.63) is 189 Å². The maximum Gasteiger partial charge on any atom is 0.143 e. The summed E-state index contributed by atoms with van der Waals surface area (Å²) in [5.41, 5.74) is 10.2. The third kappa shape index (κ3) is 4.31. The van der Waals surface area contributed by atoms with E-state index in [4.69, 9.17) is 4.42 Å². The second kappa shape index (κ2) is 11.9. The highest BCUT2D eigenvalue weighted by atomic mass is 16.3. The van der Waals surface area contributed by atoms with Crippen LogP contribution >= 0.6 is 0 Å². The Morgan fingerprint density at radius 3 is 1.62 bits per heavy atom. The first kappa shape index (κ1) is 30.0. The van der Waals surface area contributed by atoms with Crippen molar-refractivity contribution in [1.82, 2.24) is 4.57 Å². The number of hydrogen-bond acceptors (Lipinski definition) is 1. The molecule has 0 unspecified atom stereocenters. The molecule has 2 heterocycles. The Labute approximate surface area is 301 Å². The highest BCUT2D eigenvalue weighted by molar-refractivity contribution is 6.31. The normalized spacial score (nSPS) is 11.6. The highest BCUT2D eigenvalue weighted by Crippen LogP contribution is 2.46. The van der Waals surface area contributed by atoms with Crippen LogP contribution < -0.4 is 0 Å². The van der Waals surface area contributed by atoms with Gasteiger partial charge in [0, 0.05) is 32.8 Å². The number of fused-ring (bicyclic) bond motifs is 12. The fraction of sp³-hybridized carbons (Fsp3) is 0. The Kier molecular flexibility index (Phi) is 6.84. The number of aromatic nitrogens is 1. The number of furan rings is 1. The van der Waals surface area contributed by atoms with Crippen molar-refractivity contribution < 1.29 is 4.42 Å². The van der Waals surface area contributed by atoms with E-state index in [0.717, 1.165) is 27.5 Å². The quantitative estimate of drug-likeness (QED) is 0.136. The molecule has 0 spiro atoms. The van der Waals surface area contributed by atoms with E-state index < -0.39 is 0 Å². The predicted octanol–water partition coefficient (Wildman–Crippen LogP) is 14.3. The van der Waals surface area contributed by atoms with Crippen LogP contribution in [0.1, 0.15) is 0 Å². The number of hydrogen-bond donors (Lipinski definition) is 0. The van der Waals surface area contributed by atoms with E-state index >= 15 is 0 Å². The molecule has 11 rings (SSSR count). The van der Waals surface area contributed by atoms with Crippen molar-refractivity contribution in [2.24, 2.45) is 0 Å². The Hall–Kier alpha value is -6.90. The molecule has 0 aliphatic carbocycles. The van der Waals surface area contributed by atoms with Gasteiger partial charge < -0.3 is 8.98 Å². The molecule has 9 aromatic carbocycles. The van der Waals surface area contributed by atoms with Gasteiger partial charge in [-0.25, -0.2) is 0 Å². The molecule has 244 valence electrons. The lowest BCUT2D eigenvalue weighted by Crippen LogP contribution is -1.93. The highest BCUT2D eigenvalue weighted by Gasteiger charge is 2.19. The molecule has 2 nitrogen and oxygen atoms in total. The van der Waals surface area contributed by atoms with Crippen LogP contribution in [0.3, 0.4) is 0 Å². The van der Waals surface area contributed by atoms with Gasteiger partial charge in [0.25, 0.3) is 0 Å². The molecule has 0 atom stereocenters. The van der Waals surface area contributed by atoms with Gasteiger partial charge in [0.2, 0.25) is 0 Å². The first-order valence-corrected chi connectivity index (χ1v) is 17.7. The Morgan fingerprint density at radius 1 is 0.365 bits per heavy atom. The van der Waals surface area contributed by atoms with Crippen LogP contribution in [0.2, 0.25) is 0 Å². The van der Waals surface area contributed by atoms with Crippen LogP contribution in [0.5, 0.6) is 0 Å². The van der Waals surface area contributed by atoms with E-state index in [0.29, 0.717) is 0 Å². The number of para-hydroxylation sites is 4. The molecular weight excluding hydrogens is 631 g/mol. The van der Waals surface area contributed by atoms with E-state index in [-0.39, 0.29) is 0 Å². The number of nitrogens with zero attached hydrogens (tertiary/aromatic N) is 1. The van der Waals surface area contributed by atoms with Gasteiger partial charge in [-0.1, -0.05) is 140 Å². The van der Waals surface area contributed by atoms with E-state index in [1.165, 1.54) is 76.5 Å². The maximum atomic E-state index is 6.56. The zero-order valence-electron chi connectivity index (χ0n) is 28.5. The van der Waals surface area contributed by atoms with Crippen molar-refractivity contribution in [1.29, 1.82) is 0 Å². The molecule has 0 saturated heterocycles. The maximum absolute atomic E-state index is 6.56. The van der Waals surface area contributed by atoms with E-state index in [1.54, 1.807) is 0 Å². The number of rotatable bonds is 3. The second-order valence-electron chi connectivity index (χ2n) is 13.2. The van der Waals surface area contributed by atoms with Crippen LogP contribution in [0.4, 0.5) is 0 Å². The molecule has 0 aliphatic heterocycles. The Balaban J connectivity index is 0.00000166. The fourth-order valence-corrected chi connectivity index (χ4v) is 8.47. The van der Waals surface area contributed by atoms with Crippen molar-refractivity contribution in [2.75, 3.05) is 0 Å². The van der Waals surface area contributed by atoms with Crippen LogP contribution in [0, 0.1) is 0 Å². The lowest BCUT2D eigenvalue weighted by atomic mass is 9.86. The molecule has 0 saturated carbocycles. The summed E-state index contributed by atoms with van der Waals surface area (Å²) in [6.45, 7) is 6.00. The predicted molar refractivity (Wildman–Crippen MR) is 223 cm³/mol. The molecule has 0 aliphatic rings. The first-order chi connectivity index (χ1) is 25.8. The van der Waals surface area contributed by atoms with Crippen LogP contribution in [0.15, 0.2) is 193 Å². The monoisotopic (exact) mass is 663 g/mol. The minimum Gasteiger partial charge on any atom is -0.455 e. The van der Waals surface area contributed by atoms with Crippen molar-refractivity contribution >= 4 is 76.1 Å². The minimum atomic E-state index is 0.916.